The molecule has 3 atom stereocenters. The van der Waals surface area contributed by atoms with Crippen LogP contribution in [0.2, 0.25) is 0 Å². The van der Waals surface area contributed by atoms with Crippen molar-refractivity contribution in [2.45, 2.75) is 32.1 Å². The Morgan fingerprint density at radius 3 is 2.94 bits per heavy atom. The van der Waals surface area contributed by atoms with Crippen molar-refractivity contribution >= 4 is 0 Å². The number of rotatable bonds is 3. The summed E-state index contributed by atoms with van der Waals surface area (Å²) in [5, 5.41) is 0. The molecule has 1 fully saturated rings. The molecule has 1 aromatic rings. The van der Waals surface area contributed by atoms with Crippen LogP contribution in [0.4, 0.5) is 4.39 Å². The number of pyridine rings is 1. The molecule has 1 aliphatic carbocycles. The molecule has 0 spiro atoms. The summed E-state index contributed by atoms with van der Waals surface area (Å²) >= 11 is 0. The van der Waals surface area contributed by atoms with Gasteiger partial charge in [-0.3, -0.25) is 0 Å². The highest BCUT2D eigenvalue weighted by atomic mass is 19.1. The van der Waals surface area contributed by atoms with Crippen molar-refractivity contribution in [3.8, 4) is 5.88 Å². The van der Waals surface area contributed by atoms with Gasteiger partial charge in [-0.05, 0) is 48.8 Å². The second-order valence-electron chi connectivity index (χ2n) is 5.24. The fraction of sp³-hybridized carbons (Fsp3) is 0.643. The molecule has 0 radical (unpaired) electrons. The average molecular weight is 252 g/mol. The van der Waals surface area contributed by atoms with Crippen molar-refractivity contribution in [3.63, 3.8) is 0 Å². The first-order valence-electron chi connectivity index (χ1n) is 6.55. The molecule has 4 heteroatoms. The first-order chi connectivity index (χ1) is 8.67. The lowest BCUT2D eigenvalue weighted by Crippen LogP contribution is -2.28. The van der Waals surface area contributed by atoms with Crippen LogP contribution in [-0.4, -0.2) is 18.6 Å². The second-order valence-corrected chi connectivity index (χ2v) is 5.24. The van der Waals surface area contributed by atoms with E-state index in [1.54, 1.807) is 12.3 Å². The third kappa shape index (κ3) is 2.48. The Morgan fingerprint density at radius 1 is 1.50 bits per heavy atom. The minimum Gasteiger partial charge on any atom is -0.479 e. The van der Waals surface area contributed by atoms with Gasteiger partial charge in [-0.1, -0.05) is 13.3 Å². The molecule has 3 nitrogen and oxygen atoms in total. The van der Waals surface area contributed by atoms with Crippen LogP contribution < -0.4 is 10.5 Å². The van der Waals surface area contributed by atoms with Gasteiger partial charge in [0.25, 0.3) is 0 Å². The standard InChI is InChI=1S/C14H21FN2O/c1-9-3-4-10(8-16)12(7-9)11-5-6-17-14(18-2)13(11)15/h5-6,9-10,12H,3-4,7-8,16H2,1-2H3. The quantitative estimate of drug-likeness (QED) is 0.899. The molecule has 2 rings (SSSR count). The summed E-state index contributed by atoms with van der Waals surface area (Å²) in [5.74, 6) is 0.939. The Bertz CT molecular complexity index is 411. The third-order valence-electron chi connectivity index (χ3n) is 4.04. The maximum atomic E-state index is 14.3. The van der Waals surface area contributed by atoms with Crippen LogP contribution >= 0.6 is 0 Å². The molecule has 0 bridgehead atoms. The Kier molecular flexibility index (Phi) is 4.17. The predicted octanol–water partition coefficient (Wildman–Crippen LogP) is 2.71. The molecule has 2 N–H and O–H groups in total. The van der Waals surface area contributed by atoms with Gasteiger partial charge < -0.3 is 10.5 Å². The Hall–Kier alpha value is -1.16. The zero-order valence-electron chi connectivity index (χ0n) is 11.0. The number of nitrogens with zero attached hydrogens (tertiary/aromatic N) is 1. The molecule has 1 aromatic heterocycles. The normalized spacial score (nSPS) is 28.1. The van der Waals surface area contributed by atoms with E-state index >= 15 is 0 Å². The number of methoxy groups -OCH3 is 1. The van der Waals surface area contributed by atoms with Crippen LogP contribution in [0.1, 0.15) is 37.7 Å². The van der Waals surface area contributed by atoms with E-state index in [0.29, 0.717) is 23.9 Å². The maximum Gasteiger partial charge on any atom is 0.250 e. The number of nitrogens with two attached hydrogens (primary N) is 1. The SMILES string of the molecule is COc1nccc(C2CC(C)CCC2CN)c1F. The van der Waals surface area contributed by atoms with Gasteiger partial charge in [0, 0.05) is 6.20 Å². The van der Waals surface area contributed by atoms with Crippen LogP contribution in [0.25, 0.3) is 0 Å². The van der Waals surface area contributed by atoms with E-state index in [1.807, 2.05) is 0 Å². The minimum absolute atomic E-state index is 0.0847. The molecule has 1 aliphatic rings. The number of ether oxygens (including phenoxy) is 1. The molecule has 3 unspecified atom stereocenters. The van der Waals surface area contributed by atoms with Crippen molar-refractivity contribution in [1.82, 2.24) is 4.98 Å². The molecule has 0 aromatic carbocycles. The highest BCUT2D eigenvalue weighted by Crippen LogP contribution is 2.41. The summed E-state index contributed by atoms with van der Waals surface area (Å²) in [6.07, 6.45) is 4.87. The summed E-state index contributed by atoms with van der Waals surface area (Å²) in [4.78, 5) is 3.89. The van der Waals surface area contributed by atoms with Gasteiger partial charge in [0.2, 0.25) is 5.88 Å². The van der Waals surface area contributed by atoms with E-state index in [-0.39, 0.29) is 17.6 Å². The average Bonchev–Trinajstić information content (AvgIpc) is 2.39. The van der Waals surface area contributed by atoms with E-state index in [2.05, 4.69) is 11.9 Å². The largest absolute Gasteiger partial charge is 0.479 e. The van der Waals surface area contributed by atoms with Crippen molar-refractivity contribution in [3.05, 3.63) is 23.6 Å². The van der Waals surface area contributed by atoms with Crippen molar-refractivity contribution in [2.24, 2.45) is 17.6 Å². The maximum absolute atomic E-state index is 14.3. The van der Waals surface area contributed by atoms with Gasteiger partial charge in [-0.15, -0.1) is 0 Å². The van der Waals surface area contributed by atoms with Gasteiger partial charge >= 0.3 is 0 Å². The van der Waals surface area contributed by atoms with E-state index < -0.39 is 0 Å². The van der Waals surface area contributed by atoms with Crippen LogP contribution in [0, 0.1) is 17.7 Å². The Balaban J connectivity index is 2.33. The highest BCUT2D eigenvalue weighted by Gasteiger charge is 2.31. The van der Waals surface area contributed by atoms with Gasteiger partial charge in [0.15, 0.2) is 5.82 Å². The van der Waals surface area contributed by atoms with Crippen LogP contribution in [0.5, 0.6) is 5.88 Å². The lowest BCUT2D eigenvalue weighted by Gasteiger charge is -2.34. The predicted molar refractivity (Wildman–Crippen MR) is 69.0 cm³/mol. The highest BCUT2D eigenvalue weighted by molar-refractivity contribution is 5.28. The lowest BCUT2D eigenvalue weighted by atomic mass is 9.71. The topological polar surface area (TPSA) is 48.1 Å². The summed E-state index contributed by atoms with van der Waals surface area (Å²) in [5.41, 5.74) is 6.54. The number of hydrogen-bond acceptors (Lipinski definition) is 3. The fourth-order valence-electron chi connectivity index (χ4n) is 2.97. The smallest absolute Gasteiger partial charge is 0.250 e. The molecule has 1 saturated carbocycles. The Labute approximate surface area is 108 Å². The molecule has 0 saturated heterocycles. The van der Waals surface area contributed by atoms with Crippen molar-refractivity contribution in [1.29, 1.82) is 0 Å². The third-order valence-corrected chi connectivity index (χ3v) is 4.04. The summed E-state index contributed by atoms with van der Waals surface area (Å²) < 4.78 is 19.2. The zero-order chi connectivity index (χ0) is 13.1. The number of aromatic nitrogens is 1. The zero-order valence-corrected chi connectivity index (χ0v) is 11.0. The van der Waals surface area contributed by atoms with E-state index in [0.717, 1.165) is 12.8 Å². The van der Waals surface area contributed by atoms with Gasteiger partial charge in [0.1, 0.15) is 0 Å². The van der Waals surface area contributed by atoms with E-state index in [1.165, 1.54) is 13.5 Å². The van der Waals surface area contributed by atoms with Crippen LogP contribution in [0.15, 0.2) is 12.3 Å². The van der Waals surface area contributed by atoms with Crippen molar-refractivity contribution < 1.29 is 9.13 Å². The molecule has 1 heterocycles. The van der Waals surface area contributed by atoms with Crippen LogP contribution in [-0.2, 0) is 0 Å². The van der Waals surface area contributed by atoms with Gasteiger partial charge in [0.05, 0.1) is 7.11 Å². The molecule has 100 valence electrons. The van der Waals surface area contributed by atoms with E-state index in [9.17, 15) is 4.39 Å². The minimum atomic E-state index is -0.322. The molecule has 18 heavy (non-hydrogen) atoms. The lowest BCUT2D eigenvalue weighted by molar-refractivity contribution is 0.247. The monoisotopic (exact) mass is 252 g/mol. The molecular formula is C14H21FN2O. The van der Waals surface area contributed by atoms with Gasteiger partial charge in [-0.2, -0.15) is 0 Å². The van der Waals surface area contributed by atoms with Crippen molar-refractivity contribution in [2.75, 3.05) is 13.7 Å². The number of halogens is 1. The Morgan fingerprint density at radius 2 is 2.28 bits per heavy atom. The van der Waals surface area contributed by atoms with E-state index in [4.69, 9.17) is 10.5 Å². The summed E-state index contributed by atoms with van der Waals surface area (Å²) in [6, 6.07) is 1.77. The molecule has 0 amide bonds. The molecule has 0 aliphatic heterocycles. The number of hydrogen-bond donors (Lipinski definition) is 1. The summed E-state index contributed by atoms with van der Waals surface area (Å²) in [6.45, 7) is 2.83. The second kappa shape index (κ2) is 5.65. The first kappa shape index (κ1) is 13.3. The van der Waals surface area contributed by atoms with Gasteiger partial charge in [-0.25, -0.2) is 9.37 Å². The summed E-state index contributed by atoms with van der Waals surface area (Å²) in [7, 11) is 1.44. The van der Waals surface area contributed by atoms with Crippen LogP contribution in [0.3, 0.4) is 0 Å². The molecular weight excluding hydrogens is 231 g/mol. The fourth-order valence-corrected chi connectivity index (χ4v) is 2.97. The first-order valence-corrected chi connectivity index (χ1v) is 6.55.